The van der Waals surface area contributed by atoms with Crippen molar-refractivity contribution < 1.29 is 13.2 Å². The van der Waals surface area contributed by atoms with Crippen molar-refractivity contribution in [2.75, 3.05) is 13.1 Å². The molecule has 3 rings (SSSR count). The fraction of sp³-hybridized carbons (Fsp3) is 0.333. The molecular formula is C18H20ClNO3S. The Hall–Kier alpha value is -1.40. The highest BCUT2D eigenvalue weighted by atomic mass is 35.5. The van der Waals surface area contributed by atoms with Crippen molar-refractivity contribution in [1.29, 1.82) is 0 Å². The van der Waals surface area contributed by atoms with Crippen LogP contribution in [-0.4, -0.2) is 31.9 Å². The van der Waals surface area contributed by atoms with Gasteiger partial charge < -0.3 is 4.74 Å². The predicted octanol–water partition coefficient (Wildman–Crippen LogP) is 3.80. The molecule has 2 unspecified atom stereocenters. The minimum Gasteiger partial charge on any atom is -0.368 e. The number of rotatable bonds is 3. The molecule has 128 valence electrons. The quantitative estimate of drug-likeness (QED) is 0.831. The zero-order valence-corrected chi connectivity index (χ0v) is 15.2. The topological polar surface area (TPSA) is 46.6 Å². The van der Waals surface area contributed by atoms with Crippen LogP contribution < -0.4 is 0 Å². The largest absolute Gasteiger partial charge is 0.368 e. The zero-order valence-electron chi connectivity index (χ0n) is 13.6. The Bertz CT molecular complexity index is 823. The first-order valence-electron chi connectivity index (χ1n) is 7.84. The first-order valence-corrected chi connectivity index (χ1v) is 9.66. The van der Waals surface area contributed by atoms with Gasteiger partial charge in [0.2, 0.25) is 10.0 Å². The van der Waals surface area contributed by atoms with E-state index < -0.39 is 10.0 Å². The summed E-state index contributed by atoms with van der Waals surface area (Å²) >= 11 is 6.10. The van der Waals surface area contributed by atoms with Crippen LogP contribution in [0.2, 0.25) is 5.02 Å². The molecule has 2 atom stereocenters. The summed E-state index contributed by atoms with van der Waals surface area (Å²) in [5.74, 6) is 0. The lowest BCUT2D eigenvalue weighted by Gasteiger charge is -2.36. The van der Waals surface area contributed by atoms with Crippen LogP contribution in [0, 0.1) is 6.92 Å². The number of benzene rings is 2. The molecule has 2 aromatic carbocycles. The van der Waals surface area contributed by atoms with Gasteiger partial charge >= 0.3 is 0 Å². The minimum atomic E-state index is -3.61. The minimum absolute atomic E-state index is 0.181. The van der Waals surface area contributed by atoms with Crippen molar-refractivity contribution in [3.05, 3.63) is 64.7 Å². The molecule has 0 saturated carbocycles. The number of sulfonamides is 1. The van der Waals surface area contributed by atoms with E-state index in [9.17, 15) is 8.42 Å². The van der Waals surface area contributed by atoms with Crippen LogP contribution >= 0.6 is 11.6 Å². The van der Waals surface area contributed by atoms with Crippen LogP contribution in [0.1, 0.15) is 24.2 Å². The van der Waals surface area contributed by atoms with Crippen LogP contribution in [0.15, 0.2) is 53.4 Å². The summed E-state index contributed by atoms with van der Waals surface area (Å²) in [5, 5.41) is 0.456. The Labute approximate surface area is 148 Å². The van der Waals surface area contributed by atoms with Crippen molar-refractivity contribution in [3.63, 3.8) is 0 Å². The molecule has 2 aromatic rings. The highest BCUT2D eigenvalue weighted by Crippen LogP contribution is 2.30. The molecule has 0 N–H and O–H groups in total. The van der Waals surface area contributed by atoms with Crippen molar-refractivity contribution in [3.8, 4) is 0 Å². The predicted molar refractivity (Wildman–Crippen MR) is 94.7 cm³/mol. The van der Waals surface area contributed by atoms with Gasteiger partial charge in [0.15, 0.2) is 0 Å². The molecule has 0 amide bonds. The second-order valence-electron chi connectivity index (χ2n) is 6.08. The second kappa shape index (κ2) is 6.84. The molecule has 1 aliphatic rings. The van der Waals surface area contributed by atoms with E-state index in [2.05, 4.69) is 0 Å². The van der Waals surface area contributed by atoms with Gasteiger partial charge in [-0.15, -0.1) is 0 Å². The summed E-state index contributed by atoms with van der Waals surface area (Å²) in [6.07, 6.45) is -0.453. The van der Waals surface area contributed by atoms with Crippen LogP contribution in [-0.2, 0) is 14.8 Å². The van der Waals surface area contributed by atoms with E-state index in [1.54, 1.807) is 12.1 Å². The number of hydrogen-bond donors (Lipinski definition) is 0. The van der Waals surface area contributed by atoms with E-state index in [0.717, 1.165) is 11.1 Å². The van der Waals surface area contributed by atoms with Gasteiger partial charge in [-0.1, -0.05) is 48.0 Å². The fourth-order valence-corrected chi connectivity index (χ4v) is 4.63. The Kier molecular flexibility index (Phi) is 4.97. The monoisotopic (exact) mass is 365 g/mol. The van der Waals surface area contributed by atoms with Crippen molar-refractivity contribution in [2.24, 2.45) is 0 Å². The lowest BCUT2D eigenvalue weighted by Crippen LogP contribution is -2.45. The van der Waals surface area contributed by atoms with Crippen LogP contribution in [0.4, 0.5) is 0 Å². The van der Waals surface area contributed by atoms with E-state index in [1.807, 2.05) is 44.2 Å². The fourth-order valence-electron chi connectivity index (χ4n) is 2.84. The molecule has 6 heteroatoms. The number of ether oxygens (including phenoxy) is 1. The summed E-state index contributed by atoms with van der Waals surface area (Å²) < 4.78 is 33.4. The van der Waals surface area contributed by atoms with Gasteiger partial charge in [0.05, 0.1) is 17.1 Å². The van der Waals surface area contributed by atoms with Gasteiger partial charge in [0.1, 0.15) is 0 Å². The van der Waals surface area contributed by atoms with Crippen molar-refractivity contribution >= 4 is 21.6 Å². The van der Waals surface area contributed by atoms with Crippen LogP contribution in [0.25, 0.3) is 0 Å². The van der Waals surface area contributed by atoms with Gasteiger partial charge in [0, 0.05) is 18.1 Å². The van der Waals surface area contributed by atoms with Gasteiger partial charge in [-0.2, -0.15) is 4.31 Å². The molecule has 0 aromatic heterocycles. The summed E-state index contributed by atoms with van der Waals surface area (Å²) in [6, 6.07) is 14.5. The second-order valence-corrected chi connectivity index (χ2v) is 8.42. The lowest BCUT2D eigenvalue weighted by molar-refractivity contribution is -0.0557. The zero-order chi connectivity index (χ0) is 17.3. The molecule has 1 saturated heterocycles. The molecule has 24 heavy (non-hydrogen) atoms. The smallest absolute Gasteiger partial charge is 0.243 e. The van der Waals surface area contributed by atoms with E-state index >= 15 is 0 Å². The Morgan fingerprint density at radius 3 is 2.50 bits per heavy atom. The van der Waals surface area contributed by atoms with Gasteiger partial charge in [0.25, 0.3) is 0 Å². The molecule has 0 bridgehead atoms. The number of aryl methyl sites for hydroxylation is 1. The van der Waals surface area contributed by atoms with E-state index in [4.69, 9.17) is 16.3 Å². The third kappa shape index (κ3) is 3.49. The van der Waals surface area contributed by atoms with Gasteiger partial charge in [-0.25, -0.2) is 8.42 Å². The van der Waals surface area contributed by atoms with Crippen LogP contribution in [0.5, 0.6) is 0 Å². The average molecular weight is 366 g/mol. The molecule has 1 aliphatic heterocycles. The van der Waals surface area contributed by atoms with Crippen LogP contribution in [0.3, 0.4) is 0 Å². The average Bonchev–Trinajstić information content (AvgIpc) is 2.57. The number of nitrogens with zero attached hydrogens (tertiary/aromatic N) is 1. The molecule has 1 fully saturated rings. The maximum atomic E-state index is 13.0. The van der Waals surface area contributed by atoms with E-state index in [-0.39, 0.29) is 17.1 Å². The number of halogens is 1. The third-order valence-corrected chi connectivity index (χ3v) is 6.41. The lowest BCUT2D eigenvalue weighted by atomic mass is 10.1. The SMILES string of the molecule is Cc1ccc(S(=O)(=O)N2CC(C)OC(c3ccccc3)C2)cc1Cl. The maximum absolute atomic E-state index is 13.0. The molecule has 0 radical (unpaired) electrons. The van der Waals surface area contributed by atoms with E-state index in [0.29, 0.717) is 18.1 Å². The Morgan fingerprint density at radius 1 is 1.12 bits per heavy atom. The number of morpholine rings is 1. The Morgan fingerprint density at radius 2 is 1.83 bits per heavy atom. The molecule has 1 heterocycles. The molecule has 0 spiro atoms. The standard InChI is InChI=1S/C18H20ClNO3S/c1-13-8-9-16(10-17(13)19)24(21,22)20-11-14(2)23-18(12-20)15-6-4-3-5-7-15/h3-10,14,18H,11-12H2,1-2H3. The first kappa shape index (κ1) is 17.4. The van der Waals surface area contributed by atoms with Gasteiger partial charge in [-0.05, 0) is 37.1 Å². The summed E-state index contributed by atoms with van der Waals surface area (Å²) in [5.41, 5.74) is 1.83. The first-order chi connectivity index (χ1) is 11.4. The third-order valence-electron chi connectivity index (χ3n) is 4.18. The van der Waals surface area contributed by atoms with Crippen molar-refractivity contribution in [2.45, 2.75) is 31.0 Å². The molecular weight excluding hydrogens is 346 g/mol. The highest BCUT2D eigenvalue weighted by molar-refractivity contribution is 7.89. The van der Waals surface area contributed by atoms with Gasteiger partial charge in [-0.3, -0.25) is 0 Å². The maximum Gasteiger partial charge on any atom is 0.243 e. The summed E-state index contributed by atoms with van der Waals surface area (Å²) in [4.78, 5) is 0.221. The Balaban J connectivity index is 1.90. The van der Waals surface area contributed by atoms with Crippen molar-refractivity contribution in [1.82, 2.24) is 4.31 Å². The molecule has 4 nitrogen and oxygen atoms in total. The number of hydrogen-bond acceptors (Lipinski definition) is 3. The molecule has 0 aliphatic carbocycles. The summed E-state index contributed by atoms with van der Waals surface area (Å²) in [6.45, 7) is 4.36. The normalized spacial score (nSPS) is 22.5. The highest BCUT2D eigenvalue weighted by Gasteiger charge is 2.34. The van der Waals surface area contributed by atoms with E-state index in [1.165, 1.54) is 10.4 Å². The summed E-state index contributed by atoms with van der Waals surface area (Å²) in [7, 11) is -3.61.